The van der Waals surface area contributed by atoms with Crippen molar-refractivity contribution in [2.75, 3.05) is 7.05 Å². The summed E-state index contributed by atoms with van der Waals surface area (Å²) in [6.07, 6.45) is 0. The van der Waals surface area contributed by atoms with Crippen LogP contribution in [0.25, 0.3) is 0 Å². The number of ether oxygens (including phenoxy) is 1. The number of hydrogen-bond donors (Lipinski definition) is 1. The number of aromatic nitrogens is 1. The summed E-state index contributed by atoms with van der Waals surface area (Å²) in [5.74, 6) is 0.766. The lowest BCUT2D eigenvalue weighted by molar-refractivity contribution is 0.0901. The van der Waals surface area contributed by atoms with Gasteiger partial charge in [-0.15, -0.1) is 11.3 Å². The highest BCUT2D eigenvalue weighted by Crippen LogP contribution is 2.11. The van der Waals surface area contributed by atoms with E-state index in [1.54, 1.807) is 11.3 Å². The predicted molar refractivity (Wildman–Crippen MR) is 62.1 cm³/mol. The summed E-state index contributed by atoms with van der Waals surface area (Å²) in [4.78, 5) is 1.22. The first kappa shape index (κ1) is 11.3. The van der Waals surface area contributed by atoms with E-state index in [0.717, 1.165) is 11.5 Å². The van der Waals surface area contributed by atoms with Gasteiger partial charge in [-0.25, -0.2) is 0 Å². The van der Waals surface area contributed by atoms with E-state index in [1.165, 1.54) is 4.88 Å². The number of rotatable bonds is 6. The van der Waals surface area contributed by atoms with Crippen molar-refractivity contribution in [2.24, 2.45) is 0 Å². The van der Waals surface area contributed by atoms with E-state index in [-0.39, 0.29) is 0 Å². The summed E-state index contributed by atoms with van der Waals surface area (Å²) < 4.78 is 10.6. The molecule has 86 valence electrons. The molecule has 0 amide bonds. The van der Waals surface area contributed by atoms with Gasteiger partial charge in [-0.3, -0.25) is 0 Å². The SMILES string of the molecule is CNCc1cc(COCc2cccs2)on1. The van der Waals surface area contributed by atoms with E-state index >= 15 is 0 Å². The number of thiophene rings is 1. The molecule has 2 rings (SSSR count). The maximum absolute atomic E-state index is 5.51. The molecule has 0 aliphatic rings. The molecule has 0 fully saturated rings. The Hall–Kier alpha value is -1.17. The summed E-state index contributed by atoms with van der Waals surface area (Å²) in [5.41, 5.74) is 0.900. The fourth-order valence-electron chi connectivity index (χ4n) is 1.34. The average Bonchev–Trinajstić information content (AvgIpc) is 2.90. The van der Waals surface area contributed by atoms with Crippen LogP contribution in [0.4, 0.5) is 0 Å². The molecule has 0 radical (unpaired) electrons. The second-order valence-electron chi connectivity index (χ2n) is 3.39. The zero-order valence-electron chi connectivity index (χ0n) is 9.10. The topological polar surface area (TPSA) is 47.3 Å². The third-order valence-corrected chi connectivity index (χ3v) is 2.88. The van der Waals surface area contributed by atoms with E-state index in [9.17, 15) is 0 Å². The normalized spacial score (nSPS) is 10.8. The van der Waals surface area contributed by atoms with Crippen LogP contribution in [0.5, 0.6) is 0 Å². The van der Waals surface area contributed by atoms with Gasteiger partial charge in [-0.1, -0.05) is 11.2 Å². The van der Waals surface area contributed by atoms with E-state index < -0.39 is 0 Å². The van der Waals surface area contributed by atoms with Gasteiger partial charge in [-0.05, 0) is 18.5 Å². The molecule has 0 saturated carbocycles. The van der Waals surface area contributed by atoms with E-state index in [0.29, 0.717) is 19.8 Å². The highest BCUT2D eigenvalue weighted by atomic mass is 32.1. The molecule has 0 aliphatic heterocycles. The van der Waals surface area contributed by atoms with E-state index in [1.807, 2.05) is 24.6 Å². The summed E-state index contributed by atoms with van der Waals surface area (Å²) in [6, 6.07) is 5.98. The second-order valence-corrected chi connectivity index (χ2v) is 4.42. The van der Waals surface area contributed by atoms with Crippen molar-refractivity contribution < 1.29 is 9.26 Å². The lowest BCUT2D eigenvalue weighted by atomic mass is 10.4. The molecule has 0 aliphatic carbocycles. The Morgan fingerprint density at radius 1 is 1.50 bits per heavy atom. The summed E-state index contributed by atoms with van der Waals surface area (Å²) in [6.45, 7) is 1.81. The lowest BCUT2D eigenvalue weighted by Gasteiger charge is -1.97. The quantitative estimate of drug-likeness (QED) is 0.838. The molecule has 1 N–H and O–H groups in total. The van der Waals surface area contributed by atoms with Crippen molar-refractivity contribution in [3.63, 3.8) is 0 Å². The maximum atomic E-state index is 5.51. The highest BCUT2D eigenvalue weighted by molar-refractivity contribution is 7.09. The Morgan fingerprint density at radius 2 is 2.44 bits per heavy atom. The van der Waals surface area contributed by atoms with Crippen molar-refractivity contribution in [1.29, 1.82) is 0 Å². The Labute approximate surface area is 98.2 Å². The fraction of sp³-hybridized carbons (Fsp3) is 0.364. The van der Waals surface area contributed by atoms with E-state index in [2.05, 4.69) is 16.5 Å². The van der Waals surface area contributed by atoms with Gasteiger partial charge in [0, 0.05) is 17.5 Å². The minimum absolute atomic E-state index is 0.467. The van der Waals surface area contributed by atoms with Gasteiger partial charge in [-0.2, -0.15) is 0 Å². The van der Waals surface area contributed by atoms with Crippen molar-refractivity contribution in [3.8, 4) is 0 Å². The van der Waals surface area contributed by atoms with Gasteiger partial charge in [0.05, 0.1) is 12.3 Å². The van der Waals surface area contributed by atoms with Crippen LogP contribution in [0.15, 0.2) is 28.1 Å². The Balaban J connectivity index is 1.76. The first-order valence-corrected chi connectivity index (χ1v) is 5.95. The second kappa shape index (κ2) is 5.79. The molecule has 2 aromatic heterocycles. The zero-order valence-corrected chi connectivity index (χ0v) is 9.92. The standard InChI is InChI=1S/C11H14N2O2S/c1-12-6-9-5-10(15-13-9)7-14-8-11-3-2-4-16-11/h2-5,12H,6-8H2,1H3. The summed E-state index contributed by atoms with van der Waals surface area (Å²) >= 11 is 1.69. The van der Waals surface area contributed by atoms with Crippen molar-refractivity contribution in [3.05, 3.63) is 39.9 Å². The number of nitrogens with one attached hydrogen (secondary N) is 1. The van der Waals surface area contributed by atoms with Gasteiger partial charge < -0.3 is 14.6 Å². The molecule has 0 spiro atoms. The van der Waals surface area contributed by atoms with E-state index in [4.69, 9.17) is 9.26 Å². The molecule has 0 unspecified atom stereocenters. The van der Waals surface area contributed by atoms with Crippen LogP contribution in [-0.4, -0.2) is 12.2 Å². The molecule has 4 nitrogen and oxygen atoms in total. The Bertz CT molecular complexity index is 411. The molecule has 16 heavy (non-hydrogen) atoms. The van der Waals surface area contributed by atoms with Crippen LogP contribution >= 0.6 is 11.3 Å². The molecule has 0 bridgehead atoms. The van der Waals surface area contributed by atoms with Crippen LogP contribution in [0.2, 0.25) is 0 Å². The average molecular weight is 238 g/mol. The Kier molecular flexibility index (Phi) is 4.10. The van der Waals surface area contributed by atoms with Gasteiger partial charge in [0.15, 0.2) is 5.76 Å². The molecule has 5 heteroatoms. The number of nitrogens with zero attached hydrogens (tertiary/aromatic N) is 1. The van der Waals surface area contributed by atoms with Crippen LogP contribution < -0.4 is 5.32 Å². The predicted octanol–water partition coefficient (Wildman–Crippen LogP) is 2.17. The fourth-order valence-corrected chi connectivity index (χ4v) is 1.98. The largest absolute Gasteiger partial charge is 0.368 e. The van der Waals surface area contributed by atoms with Gasteiger partial charge in [0.2, 0.25) is 0 Å². The third-order valence-electron chi connectivity index (χ3n) is 2.03. The smallest absolute Gasteiger partial charge is 0.162 e. The van der Waals surface area contributed by atoms with Crippen molar-refractivity contribution in [1.82, 2.24) is 10.5 Å². The Morgan fingerprint density at radius 3 is 3.19 bits per heavy atom. The minimum atomic E-state index is 0.467. The monoisotopic (exact) mass is 238 g/mol. The highest BCUT2D eigenvalue weighted by Gasteiger charge is 2.03. The zero-order chi connectivity index (χ0) is 11.2. The minimum Gasteiger partial charge on any atom is -0.368 e. The van der Waals surface area contributed by atoms with Crippen molar-refractivity contribution >= 4 is 11.3 Å². The summed E-state index contributed by atoms with van der Waals surface area (Å²) in [5, 5.41) is 8.96. The van der Waals surface area contributed by atoms with Crippen LogP contribution in [0.1, 0.15) is 16.3 Å². The van der Waals surface area contributed by atoms with Crippen molar-refractivity contribution in [2.45, 2.75) is 19.8 Å². The van der Waals surface area contributed by atoms with Crippen LogP contribution in [-0.2, 0) is 24.5 Å². The summed E-state index contributed by atoms with van der Waals surface area (Å²) in [7, 11) is 1.88. The lowest BCUT2D eigenvalue weighted by Crippen LogP contribution is -2.04. The molecular formula is C11H14N2O2S. The van der Waals surface area contributed by atoms with Gasteiger partial charge >= 0.3 is 0 Å². The maximum Gasteiger partial charge on any atom is 0.162 e. The van der Waals surface area contributed by atoms with Gasteiger partial charge in [0.25, 0.3) is 0 Å². The molecular weight excluding hydrogens is 224 g/mol. The van der Waals surface area contributed by atoms with Crippen LogP contribution in [0.3, 0.4) is 0 Å². The first-order valence-electron chi connectivity index (χ1n) is 5.07. The van der Waals surface area contributed by atoms with Crippen LogP contribution in [0, 0.1) is 0 Å². The molecule has 0 atom stereocenters. The molecule has 0 saturated heterocycles. The van der Waals surface area contributed by atoms with Gasteiger partial charge in [0.1, 0.15) is 6.61 Å². The molecule has 2 aromatic rings. The first-order chi connectivity index (χ1) is 7.88. The number of hydrogen-bond acceptors (Lipinski definition) is 5. The third kappa shape index (κ3) is 3.16. The molecule has 2 heterocycles. The molecule has 0 aromatic carbocycles.